The Morgan fingerprint density at radius 3 is 1.75 bits per heavy atom. The van der Waals surface area contributed by atoms with Crippen LogP contribution >= 0.6 is 0 Å². The highest BCUT2D eigenvalue weighted by Gasteiger charge is 2.49. The third-order valence-corrected chi connectivity index (χ3v) is 1.82. The number of carbonyl (C=O) groups is 1. The molecule has 7 heteroatoms. The lowest BCUT2D eigenvalue weighted by Crippen LogP contribution is -2.84. The standard InChI is InChI=1S/C5H15N5O2/c1-2(6)4(7,8)5(9,10)3(11)12/h2H,6-10H2,1H3,(H,11,12). The summed E-state index contributed by atoms with van der Waals surface area (Å²) in [6.07, 6.45) is 0. The first-order chi connectivity index (χ1) is 5.14. The molecular weight excluding hydrogens is 162 g/mol. The van der Waals surface area contributed by atoms with Crippen LogP contribution in [0.5, 0.6) is 0 Å². The zero-order valence-electron chi connectivity index (χ0n) is 6.82. The molecule has 0 bridgehead atoms. The molecule has 0 aromatic rings. The van der Waals surface area contributed by atoms with Gasteiger partial charge in [-0.25, -0.2) is 4.79 Å². The number of hydrogen-bond donors (Lipinski definition) is 6. The van der Waals surface area contributed by atoms with Crippen LogP contribution < -0.4 is 28.7 Å². The Kier molecular flexibility index (Phi) is 2.78. The van der Waals surface area contributed by atoms with Crippen LogP contribution in [0.1, 0.15) is 6.92 Å². The fourth-order valence-corrected chi connectivity index (χ4v) is 0.562. The van der Waals surface area contributed by atoms with E-state index >= 15 is 0 Å². The topological polar surface area (TPSA) is 167 Å². The Morgan fingerprint density at radius 1 is 1.33 bits per heavy atom. The first-order valence-electron chi connectivity index (χ1n) is 3.28. The van der Waals surface area contributed by atoms with Crippen LogP contribution in [0, 0.1) is 0 Å². The molecule has 11 N–H and O–H groups in total. The smallest absolute Gasteiger partial charge is 0.341 e. The zero-order valence-corrected chi connectivity index (χ0v) is 6.82. The van der Waals surface area contributed by atoms with Crippen LogP contribution in [0.15, 0.2) is 0 Å². The van der Waals surface area contributed by atoms with Crippen molar-refractivity contribution in [2.75, 3.05) is 0 Å². The first kappa shape index (κ1) is 11.3. The molecule has 0 radical (unpaired) electrons. The van der Waals surface area contributed by atoms with Crippen molar-refractivity contribution in [2.24, 2.45) is 28.7 Å². The van der Waals surface area contributed by atoms with Gasteiger partial charge in [-0.3, -0.25) is 0 Å². The Bertz CT molecular complexity index is 188. The van der Waals surface area contributed by atoms with Crippen molar-refractivity contribution in [1.82, 2.24) is 0 Å². The predicted octanol–water partition coefficient (Wildman–Crippen LogP) is -3.35. The van der Waals surface area contributed by atoms with E-state index in [0.717, 1.165) is 0 Å². The van der Waals surface area contributed by atoms with Crippen molar-refractivity contribution in [3.05, 3.63) is 0 Å². The van der Waals surface area contributed by atoms with Gasteiger partial charge in [-0.1, -0.05) is 0 Å². The highest BCUT2D eigenvalue weighted by molar-refractivity contribution is 5.79. The van der Waals surface area contributed by atoms with E-state index in [1.807, 2.05) is 0 Å². The number of hydrogen-bond acceptors (Lipinski definition) is 6. The summed E-state index contributed by atoms with van der Waals surface area (Å²) in [6, 6.07) is -0.830. The van der Waals surface area contributed by atoms with Crippen LogP contribution in [0.2, 0.25) is 0 Å². The second-order valence-corrected chi connectivity index (χ2v) is 2.90. The molecule has 7 nitrogen and oxygen atoms in total. The molecule has 1 atom stereocenters. The minimum atomic E-state index is -2.23. The summed E-state index contributed by atoms with van der Waals surface area (Å²) >= 11 is 0. The summed E-state index contributed by atoms with van der Waals surface area (Å²) in [6.45, 7) is 1.43. The minimum Gasteiger partial charge on any atom is -0.479 e. The number of nitrogens with two attached hydrogens (primary N) is 5. The van der Waals surface area contributed by atoms with Crippen LogP contribution in [-0.2, 0) is 4.79 Å². The largest absolute Gasteiger partial charge is 0.479 e. The van der Waals surface area contributed by atoms with Crippen molar-refractivity contribution >= 4 is 5.97 Å². The van der Waals surface area contributed by atoms with Crippen molar-refractivity contribution in [3.63, 3.8) is 0 Å². The van der Waals surface area contributed by atoms with Crippen molar-refractivity contribution in [2.45, 2.75) is 24.3 Å². The van der Waals surface area contributed by atoms with Gasteiger partial charge >= 0.3 is 5.97 Å². The van der Waals surface area contributed by atoms with Gasteiger partial charge in [0.2, 0.25) is 0 Å². The molecule has 0 aliphatic rings. The molecule has 0 aromatic carbocycles. The normalized spacial score (nSPS) is 15.8. The highest BCUT2D eigenvalue weighted by atomic mass is 16.4. The van der Waals surface area contributed by atoms with Gasteiger partial charge in [0.05, 0.1) is 0 Å². The summed E-state index contributed by atoms with van der Waals surface area (Å²) < 4.78 is 0. The van der Waals surface area contributed by atoms with Gasteiger partial charge in [-0.15, -0.1) is 0 Å². The van der Waals surface area contributed by atoms with Gasteiger partial charge in [0.15, 0.2) is 5.66 Å². The Morgan fingerprint density at radius 2 is 1.67 bits per heavy atom. The van der Waals surface area contributed by atoms with Gasteiger partial charge in [-0.05, 0) is 6.92 Å². The molecule has 12 heavy (non-hydrogen) atoms. The summed E-state index contributed by atoms with van der Waals surface area (Å²) in [4.78, 5) is 10.5. The third-order valence-electron chi connectivity index (χ3n) is 1.82. The van der Waals surface area contributed by atoms with E-state index in [1.165, 1.54) is 6.92 Å². The summed E-state index contributed by atoms with van der Waals surface area (Å²) in [5.74, 6) is -1.50. The van der Waals surface area contributed by atoms with Gasteiger partial charge in [-0.2, -0.15) is 0 Å². The zero-order chi connectivity index (χ0) is 10.2. The SMILES string of the molecule is CC(N)C(N)(N)C(N)(N)C(=O)O. The van der Waals surface area contributed by atoms with Crippen LogP contribution in [0.4, 0.5) is 0 Å². The molecule has 0 aliphatic carbocycles. The molecular formula is C5H15N5O2. The number of aliphatic carboxylic acids is 1. The second-order valence-electron chi connectivity index (χ2n) is 2.90. The highest BCUT2D eigenvalue weighted by Crippen LogP contribution is 2.09. The van der Waals surface area contributed by atoms with Crippen molar-refractivity contribution in [3.8, 4) is 0 Å². The summed E-state index contributed by atoms with van der Waals surface area (Å²) in [5.41, 5.74) is 22.3. The Labute approximate surface area is 69.9 Å². The van der Waals surface area contributed by atoms with Gasteiger partial charge < -0.3 is 33.8 Å². The van der Waals surface area contributed by atoms with E-state index in [1.54, 1.807) is 0 Å². The van der Waals surface area contributed by atoms with E-state index in [0.29, 0.717) is 0 Å². The van der Waals surface area contributed by atoms with E-state index in [9.17, 15) is 4.79 Å². The average molecular weight is 177 g/mol. The number of rotatable bonds is 3. The lowest BCUT2D eigenvalue weighted by Gasteiger charge is -2.39. The molecule has 0 saturated carbocycles. The lowest BCUT2D eigenvalue weighted by molar-refractivity contribution is -0.146. The van der Waals surface area contributed by atoms with E-state index in [-0.39, 0.29) is 0 Å². The van der Waals surface area contributed by atoms with Crippen LogP contribution in [0.25, 0.3) is 0 Å². The monoisotopic (exact) mass is 177 g/mol. The number of carboxylic acid groups (broad SMARTS) is 1. The molecule has 1 unspecified atom stereocenters. The molecule has 0 aromatic heterocycles. The Hall–Kier alpha value is -0.730. The van der Waals surface area contributed by atoms with E-state index in [4.69, 9.17) is 33.8 Å². The average Bonchev–Trinajstić information content (AvgIpc) is 1.86. The molecule has 0 saturated heterocycles. The molecule has 0 rings (SSSR count). The van der Waals surface area contributed by atoms with Gasteiger partial charge in [0.25, 0.3) is 0 Å². The molecule has 72 valence electrons. The lowest BCUT2D eigenvalue weighted by atomic mass is 9.90. The first-order valence-corrected chi connectivity index (χ1v) is 3.28. The van der Waals surface area contributed by atoms with Crippen molar-refractivity contribution in [1.29, 1.82) is 0 Å². The summed E-state index contributed by atoms with van der Waals surface area (Å²) in [7, 11) is 0. The maximum atomic E-state index is 10.5. The minimum absolute atomic E-state index is 0.830. The van der Waals surface area contributed by atoms with E-state index in [2.05, 4.69) is 0 Å². The second kappa shape index (κ2) is 2.96. The van der Waals surface area contributed by atoms with Crippen LogP contribution in [0.3, 0.4) is 0 Å². The predicted molar refractivity (Wildman–Crippen MR) is 43.5 cm³/mol. The Balaban J connectivity index is 4.88. The quantitative estimate of drug-likeness (QED) is 0.245. The molecule has 0 fully saturated rings. The molecule has 0 amide bonds. The molecule has 0 aliphatic heterocycles. The van der Waals surface area contributed by atoms with Gasteiger partial charge in [0.1, 0.15) is 5.66 Å². The fourth-order valence-electron chi connectivity index (χ4n) is 0.562. The van der Waals surface area contributed by atoms with E-state index < -0.39 is 23.3 Å². The molecule has 0 spiro atoms. The van der Waals surface area contributed by atoms with Crippen LogP contribution in [-0.4, -0.2) is 28.4 Å². The van der Waals surface area contributed by atoms with Crippen molar-refractivity contribution < 1.29 is 9.90 Å². The summed E-state index contributed by atoms with van der Waals surface area (Å²) in [5, 5.41) is 8.56. The molecule has 0 heterocycles. The van der Waals surface area contributed by atoms with Gasteiger partial charge in [0, 0.05) is 6.04 Å². The maximum Gasteiger partial charge on any atom is 0.341 e. The number of carboxylic acids is 1. The maximum absolute atomic E-state index is 10.5. The third kappa shape index (κ3) is 1.54. The fraction of sp³-hybridized carbons (Fsp3) is 0.800.